The smallest absolute Gasteiger partial charge is 0.397 e. The summed E-state index contributed by atoms with van der Waals surface area (Å²) in [5.41, 5.74) is 0. The van der Waals surface area contributed by atoms with Crippen LogP contribution in [0.3, 0.4) is 0 Å². The summed E-state index contributed by atoms with van der Waals surface area (Å²) < 4.78 is 326. The third kappa shape index (κ3) is 27.0. The van der Waals surface area contributed by atoms with Gasteiger partial charge >= 0.3 is 80.4 Å². The first-order chi connectivity index (χ1) is 52.2. The lowest BCUT2D eigenvalue weighted by molar-refractivity contribution is -0.386. The Morgan fingerprint density at radius 1 is 0.438 bits per heavy atom. The predicted octanol–water partition coefficient (Wildman–Crippen LogP) is -6.67. The number of amides is 4. The molecule has 59 heteroatoms. The minimum absolute atomic E-state index is 0.0183. The number of carboxylic acid groups (broad SMARTS) is 2. The summed E-state index contributed by atoms with van der Waals surface area (Å²) in [6, 6.07) is -2.00. The van der Waals surface area contributed by atoms with E-state index in [1.54, 1.807) is 11.8 Å². The Hall–Kier alpha value is -3.96. The highest BCUT2D eigenvalue weighted by atomic mass is 32.3. The van der Waals surface area contributed by atoms with E-state index in [1.165, 1.54) is 0 Å². The molecule has 0 aliphatic carbocycles. The largest absolute Gasteiger partial charge is 0.479 e. The van der Waals surface area contributed by atoms with Gasteiger partial charge in [-0.25, -0.2) is 39.5 Å². The lowest BCUT2D eigenvalue weighted by atomic mass is 9.94. The van der Waals surface area contributed by atoms with E-state index in [2.05, 4.69) is 33.8 Å². The predicted molar refractivity (Wildman–Crippen MR) is 355 cm³/mol. The molecule has 7 saturated heterocycles. The molecule has 0 saturated carbocycles. The maximum Gasteiger partial charge on any atom is 0.397 e. The number of nitrogens with one attached hydrogen (secondary N) is 4. The molecular formula is C53H88N4O48S7. The molecule has 650 valence electrons. The van der Waals surface area contributed by atoms with Gasteiger partial charge in [-0.1, -0.05) is 12.8 Å². The lowest BCUT2D eigenvalue weighted by Gasteiger charge is -2.51. The fourth-order valence-corrected chi connectivity index (χ4v) is 17.3. The monoisotopic (exact) mass is 1770 g/mol. The van der Waals surface area contributed by atoms with E-state index in [1.807, 2.05) is 0 Å². The molecule has 7 aliphatic heterocycles. The zero-order valence-corrected chi connectivity index (χ0v) is 65.4. The summed E-state index contributed by atoms with van der Waals surface area (Å²) in [6.45, 7) is -3.99. The number of carboxylic acids is 2. The number of rotatable bonds is 44. The molecule has 0 aromatic carbocycles. The van der Waals surface area contributed by atoms with Crippen molar-refractivity contribution in [3.05, 3.63) is 0 Å². The van der Waals surface area contributed by atoms with Crippen LogP contribution in [0.5, 0.6) is 0 Å². The molecule has 3 unspecified atom stereocenters. The van der Waals surface area contributed by atoms with Gasteiger partial charge in [0.2, 0.25) is 11.8 Å². The number of fused-ring (bicyclic) bond motifs is 1. The van der Waals surface area contributed by atoms with Crippen molar-refractivity contribution in [3.63, 3.8) is 0 Å². The highest BCUT2D eigenvalue weighted by molar-refractivity contribution is 8.00. The van der Waals surface area contributed by atoms with Crippen LogP contribution < -0.4 is 21.3 Å². The average molecular weight is 1770 g/mol. The van der Waals surface area contributed by atoms with Crippen molar-refractivity contribution < 1.29 is 218 Å². The molecule has 7 heterocycles. The first kappa shape index (κ1) is 95.2. The molecule has 52 nitrogen and oxygen atoms in total. The first-order valence-corrected chi connectivity index (χ1v) is 42.3. The second-order valence-electron chi connectivity index (χ2n) is 25.2. The number of hydrogen-bond acceptors (Lipinski definition) is 41. The van der Waals surface area contributed by atoms with Crippen molar-refractivity contribution in [2.45, 2.75) is 222 Å². The highest BCUT2D eigenvalue weighted by Crippen LogP contribution is 2.42. The Bertz CT molecular complexity index is 3860. The molecule has 0 aromatic rings. The lowest BCUT2D eigenvalue weighted by Crippen LogP contribution is -2.70. The molecule has 13 N–H and O–H groups in total. The number of hydrogen-bond donors (Lipinski definition) is 13. The molecule has 0 spiro atoms. The molecule has 7 aliphatic rings. The van der Waals surface area contributed by atoms with E-state index < -0.39 is 254 Å². The standard InChI is InChI=1S/C53H88N4O48S7/c1-84-31-22(17-91-107(66,67)68)94-48(29(30(31)60)56-27(59)15-9-8-12-16-54-26(58)14-11-10-13-25-28-21(20-106-25)55-53(65)57-28)99-37-35(86-3)42(88-5)51(101-40(37)46(61)62)98-33-24(19-93-109(72,73)74)96-52(45(105-112(81,82)83)39(33)103-110(75,76)77)100-38-36(87-4)43(89-6)50(102-41(38)47(63)64)97-32-23(18-92-108(69,70)71)95-49(90-7)44(34(32)85-2)104-111(78,79)80/h21-25,28-45,48-52,60H,8-20H2,1-7H3,(H,54,58)(H,56,59)(H,61,62)(H,63,64)(H2,55,57,65)(H,66,67,68)(H,69,70,71)(H,72,73,74)(H,75,76,77)(H,78,79,80)(H,81,82,83)/t21?,22-,23-,24-,25?,28?,29-,30-,31-,32-,33-,34+,35+,36+,37+,38+,39+,40+,41+,42-,43-,44-,45-,48-,49+,50+,51-,52-/m1/s1. The van der Waals surface area contributed by atoms with Gasteiger partial charge in [-0.3, -0.25) is 36.9 Å². The molecule has 7 rings (SSSR count). The SMILES string of the molecule is CO[C@H]1O[C@H](COS(=O)(=O)O)[C@@H](O[C@H]2O[C@H](C(=O)O)[C@@H](O[C@H]3O[C@H](COS(=O)(=O)O)[C@@H](O[C@@H]4O[C@H](C(=O)O)[C@@H](O[C@H]5O[C@H](COS(=O)(=O)O)[C@@H](OC)[C@H](O)[C@H]5NC(=O)CCCCCNC(=O)CCCCC5SCC6NC(=O)NC65)[C@H](OC)[C@H]4OC)[C@H](OS(=O)(=O)O)[C@H]3OS(=O)(=O)O)[C@H](OC)[C@H]2OC)[C@H](OC)[C@H]1OS(=O)(=O)O. The molecule has 0 bridgehead atoms. The van der Waals surface area contributed by atoms with Crippen molar-refractivity contribution in [3.8, 4) is 0 Å². The van der Waals surface area contributed by atoms with Crippen LogP contribution in [0.2, 0.25) is 0 Å². The summed E-state index contributed by atoms with van der Waals surface area (Å²) >= 11 is 1.75. The van der Waals surface area contributed by atoms with E-state index >= 15 is 0 Å². The normalized spacial score (nSPS) is 36.3. The summed E-state index contributed by atoms with van der Waals surface area (Å²) in [5, 5.41) is 44.9. The molecule has 0 radical (unpaired) electrons. The van der Waals surface area contributed by atoms with Gasteiger partial charge < -0.3 is 112 Å². The Morgan fingerprint density at radius 3 is 1.29 bits per heavy atom. The zero-order chi connectivity index (χ0) is 83.3. The Labute approximate surface area is 644 Å². The van der Waals surface area contributed by atoms with Crippen LogP contribution in [-0.2, 0) is 182 Å². The van der Waals surface area contributed by atoms with Crippen LogP contribution in [0.4, 0.5) is 4.79 Å². The van der Waals surface area contributed by atoms with Gasteiger partial charge in [0, 0.05) is 80.2 Å². The second-order valence-corrected chi connectivity index (χ2v) is 32.9. The molecule has 0 aromatic heterocycles. The number of thioether (sulfide) groups is 1. The Kier molecular flexibility index (Phi) is 35.0. The zero-order valence-electron chi connectivity index (χ0n) is 59.7. The van der Waals surface area contributed by atoms with Crippen LogP contribution in [-0.4, -0.2) is 376 Å². The molecule has 28 atom stereocenters. The van der Waals surface area contributed by atoms with Crippen molar-refractivity contribution >= 4 is 104 Å². The van der Waals surface area contributed by atoms with E-state index in [0.29, 0.717) is 19.3 Å². The highest BCUT2D eigenvalue weighted by Gasteiger charge is 2.62. The Morgan fingerprint density at radius 2 is 0.830 bits per heavy atom. The first-order valence-electron chi connectivity index (χ1n) is 33.0. The van der Waals surface area contributed by atoms with Crippen LogP contribution in [0.15, 0.2) is 0 Å². The maximum atomic E-state index is 13.8. The maximum absolute atomic E-state index is 13.8. The van der Waals surface area contributed by atoms with Crippen LogP contribution in [0.1, 0.15) is 51.4 Å². The average Bonchev–Trinajstić information content (AvgIpc) is 0.919. The molecule has 112 heavy (non-hydrogen) atoms. The van der Waals surface area contributed by atoms with Gasteiger partial charge in [0.15, 0.2) is 55.9 Å². The molecular weight excluding hydrogens is 1690 g/mol. The number of ether oxygens (including phenoxy) is 16. The van der Waals surface area contributed by atoms with Crippen molar-refractivity contribution in [1.29, 1.82) is 0 Å². The van der Waals surface area contributed by atoms with Crippen molar-refractivity contribution in [1.82, 2.24) is 21.3 Å². The fourth-order valence-electron chi connectivity index (χ4n) is 13.4. The van der Waals surface area contributed by atoms with Crippen molar-refractivity contribution in [2.24, 2.45) is 0 Å². The van der Waals surface area contributed by atoms with E-state index in [4.69, 9.17) is 88.3 Å². The van der Waals surface area contributed by atoms with Gasteiger partial charge in [-0.05, 0) is 25.7 Å². The van der Waals surface area contributed by atoms with E-state index in [0.717, 1.165) is 68.4 Å². The quantitative estimate of drug-likeness (QED) is 0.0153. The number of unbranched alkanes of at least 4 members (excludes halogenated alkanes) is 3. The number of methoxy groups -OCH3 is 7. The van der Waals surface area contributed by atoms with Gasteiger partial charge in [-0.15, -0.1) is 0 Å². The summed E-state index contributed by atoms with van der Waals surface area (Å²) in [7, 11) is -28.3. The van der Waals surface area contributed by atoms with E-state index in [9.17, 15) is 117 Å². The van der Waals surface area contributed by atoms with E-state index in [-0.39, 0.29) is 55.1 Å². The number of urea groups is 1. The third-order valence-electron chi connectivity index (χ3n) is 18.0. The topological polar surface area (TPSA) is 723 Å². The number of carbonyl (C=O) groups is 5. The number of aliphatic hydroxyl groups excluding tert-OH is 1. The summed E-state index contributed by atoms with van der Waals surface area (Å²) in [6.07, 6.45) is -53.0. The minimum atomic E-state index is -6.21. The number of aliphatic carboxylic acids is 2. The van der Waals surface area contributed by atoms with Crippen LogP contribution >= 0.6 is 11.8 Å². The second kappa shape index (κ2) is 41.1. The van der Waals surface area contributed by atoms with Crippen molar-refractivity contribution in [2.75, 3.05) is 81.9 Å². The molecule has 4 amide bonds. The Balaban J connectivity index is 1.16. The fraction of sp³-hybridized carbons (Fsp3) is 0.906. The summed E-state index contributed by atoms with van der Waals surface area (Å²) in [5.74, 6) is -4.50. The number of aliphatic hydroxyl groups is 1. The third-order valence-corrected chi connectivity index (χ3v) is 22.2. The summed E-state index contributed by atoms with van der Waals surface area (Å²) in [4.78, 5) is 65.2. The van der Waals surface area contributed by atoms with Crippen LogP contribution in [0, 0.1) is 0 Å². The van der Waals surface area contributed by atoms with Gasteiger partial charge in [0.05, 0.1) is 31.9 Å². The van der Waals surface area contributed by atoms with Gasteiger partial charge in [0.25, 0.3) is 0 Å². The van der Waals surface area contributed by atoms with Gasteiger partial charge in [-0.2, -0.15) is 62.3 Å². The minimum Gasteiger partial charge on any atom is -0.479 e. The molecule has 7 fully saturated rings. The van der Waals surface area contributed by atoms with Gasteiger partial charge in [0.1, 0.15) is 97.6 Å². The number of carbonyl (C=O) groups excluding carboxylic acids is 3. The van der Waals surface area contributed by atoms with Crippen LogP contribution in [0.25, 0.3) is 0 Å².